The van der Waals surface area contributed by atoms with E-state index >= 15 is 87.8 Å². The van der Waals surface area contributed by atoms with Crippen LogP contribution in [0.4, 0.5) is 123 Å². The quantitative estimate of drug-likeness (QED) is 0.0702. The lowest BCUT2D eigenvalue weighted by molar-refractivity contribution is -0.894. The fourth-order valence-corrected chi connectivity index (χ4v) is 9.15. The standard InChI is InChI=1S/C40BF28.C6H15N/c42-13-1-5(25(54)37(66)33(62)21(1)50)17(46)29(58)9(13)41(10-14(43)2-6(18(47)30(10)59)26(55)38(67)34(63)22(2)51,11-15(44)3-7(19(48)31(11)60)27(56)39(68)35(64)23(3)52)12-16(45)4-8(20(49)32(12)61)28(57)40(69)36(65)24(4)53;1-4-7(5-2)6-3/h;4-6H2,1-3H3/q-1;/p+1. The number of rotatable bonds is 7. The molecule has 0 saturated heterocycles. The molecule has 0 aliphatic heterocycles. The van der Waals surface area contributed by atoms with Gasteiger partial charge in [0.25, 0.3) is 0 Å². The predicted molar refractivity (Wildman–Crippen MR) is 211 cm³/mol. The number of hydrogen-bond donors (Lipinski definition) is 1. The van der Waals surface area contributed by atoms with Crippen LogP contribution < -0.4 is 26.8 Å². The minimum Gasteiger partial charge on any atom is -0.336 e. The van der Waals surface area contributed by atoms with Crippen molar-refractivity contribution in [3.63, 3.8) is 0 Å². The van der Waals surface area contributed by atoms with Crippen LogP contribution in [0.1, 0.15) is 20.8 Å². The van der Waals surface area contributed by atoms with Gasteiger partial charge < -0.3 is 4.90 Å². The zero-order valence-electron chi connectivity index (χ0n) is 36.8. The summed E-state index contributed by atoms with van der Waals surface area (Å²) in [5.41, 5.74) is -15.9. The molecule has 0 spiro atoms. The fourth-order valence-electron chi connectivity index (χ4n) is 9.15. The van der Waals surface area contributed by atoms with Crippen molar-refractivity contribution in [2.24, 2.45) is 0 Å². The Morgan fingerprint density at radius 1 is 0.184 bits per heavy atom. The highest BCUT2D eigenvalue weighted by Crippen LogP contribution is 2.41. The van der Waals surface area contributed by atoms with Crippen molar-refractivity contribution in [3.8, 4) is 0 Å². The van der Waals surface area contributed by atoms with Gasteiger partial charge in [0.05, 0.1) is 62.7 Å². The number of benzene rings is 8. The molecule has 0 unspecified atom stereocenters. The molecule has 8 aromatic carbocycles. The van der Waals surface area contributed by atoms with Crippen LogP contribution in [-0.4, -0.2) is 25.8 Å². The molecule has 0 amide bonds. The maximum Gasteiger partial charge on any atom is 0.198 e. The first kappa shape index (κ1) is 56.6. The third-order valence-corrected chi connectivity index (χ3v) is 12.7. The Kier molecular flexibility index (Phi) is 14.5. The van der Waals surface area contributed by atoms with Crippen LogP contribution >= 0.6 is 0 Å². The van der Waals surface area contributed by atoms with Crippen molar-refractivity contribution in [1.82, 2.24) is 0 Å². The topological polar surface area (TPSA) is 4.44 Å². The Morgan fingerprint density at radius 3 is 0.421 bits per heavy atom. The Labute approximate surface area is 402 Å². The van der Waals surface area contributed by atoms with Gasteiger partial charge in [0.15, 0.2) is 116 Å². The summed E-state index contributed by atoms with van der Waals surface area (Å²) in [6.45, 7) is 10.5. The smallest absolute Gasteiger partial charge is 0.198 e. The van der Waals surface area contributed by atoms with Gasteiger partial charge in [0.1, 0.15) is 52.7 Å². The zero-order chi connectivity index (χ0) is 57.3. The maximum absolute atomic E-state index is 17.4. The highest BCUT2D eigenvalue weighted by Gasteiger charge is 2.52. The Balaban J connectivity index is 0.00000112. The van der Waals surface area contributed by atoms with E-state index in [1.165, 1.54) is 19.6 Å². The molecular weight excluding hydrogens is 1110 g/mol. The van der Waals surface area contributed by atoms with Gasteiger partial charge in [0, 0.05) is 0 Å². The lowest BCUT2D eigenvalue weighted by Gasteiger charge is -2.45. The molecule has 1 N–H and O–H groups in total. The second-order valence-electron chi connectivity index (χ2n) is 16.1. The van der Waals surface area contributed by atoms with E-state index in [-0.39, 0.29) is 0 Å². The molecule has 1 nitrogen and oxygen atoms in total. The summed E-state index contributed by atoms with van der Waals surface area (Å²) in [5, 5.41) is -25.0. The number of hydrogen-bond acceptors (Lipinski definition) is 0. The molecule has 76 heavy (non-hydrogen) atoms. The molecule has 0 fully saturated rings. The summed E-state index contributed by atoms with van der Waals surface area (Å²) in [4.78, 5) is 1.68. The van der Waals surface area contributed by atoms with Crippen molar-refractivity contribution >= 4 is 71.1 Å². The van der Waals surface area contributed by atoms with Crippen molar-refractivity contribution in [2.45, 2.75) is 20.8 Å². The highest BCUT2D eigenvalue weighted by atomic mass is 19.2. The van der Waals surface area contributed by atoms with Gasteiger partial charge in [-0.2, -0.15) is 0 Å². The molecule has 404 valence electrons. The largest absolute Gasteiger partial charge is 0.336 e. The van der Waals surface area contributed by atoms with Crippen LogP contribution in [0.2, 0.25) is 0 Å². The Bertz CT molecular complexity index is 3400. The number of fused-ring (bicyclic) bond motifs is 4. The third kappa shape index (κ3) is 7.33. The second kappa shape index (κ2) is 19.5. The molecule has 8 rings (SSSR count). The number of quaternary nitrogens is 1. The average Bonchev–Trinajstić information content (AvgIpc) is 3.38. The predicted octanol–water partition coefficient (Wildman–Crippen LogP) is 11.5. The van der Waals surface area contributed by atoms with Gasteiger partial charge in [-0.25, -0.2) is 123 Å². The van der Waals surface area contributed by atoms with E-state index in [9.17, 15) is 35.1 Å². The minimum atomic E-state index is -7.99. The maximum atomic E-state index is 17.4. The van der Waals surface area contributed by atoms with Gasteiger partial charge in [-0.1, -0.05) is 0 Å². The van der Waals surface area contributed by atoms with Gasteiger partial charge in [0.2, 0.25) is 0 Å². The Morgan fingerprint density at radius 2 is 0.303 bits per heavy atom. The van der Waals surface area contributed by atoms with Gasteiger partial charge in [-0.3, -0.25) is 0 Å². The molecule has 0 aliphatic rings. The van der Waals surface area contributed by atoms with E-state index < -0.39 is 234 Å². The summed E-state index contributed by atoms with van der Waals surface area (Å²) in [6, 6.07) is 0. The first-order valence-electron chi connectivity index (χ1n) is 20.6. The number of nitrogens with one attached hydrogen (secondary N) is 1. The van der Waals surface area contributed by atoms with E-state index in [0.29, 0.717) is 0 Å². The minimum absolute atomic E-state index is 1.27. The zero-order valence-corrected chi connectivity index (χ0v) is 36.8. The van der Waals surface area contributed by atoms with Gasteiger partial charge >= 0.3 is 0 Å². The Hall–Kier alpha value is -7.14. The van der Waals surface area contributed by atoms with Crippen molar-refractivity contribution in [2.75, 3.05) is 19.6 Å². The summed E-state index contributed by atoms with van der Waals surface area (Å²) in [5.74, 6) is -102. The molecule has 0 saturated carbocycles. The lowest BCUT2D eigenvalue weighted by Crippen LogP contribution is -3.11. The molecular formula is C46H16BF28N. The third-order valence-electron chi connectivity index (χ3n) is 12.7. The van der Waals surface area contributed by atoms with E-state index in [4.69, 9.17) is 0 Å². The molecule has 30 heteroatoms. The first-order chi connectivity index (χ1) is 35.3. The van der Waals surface area contributed by atoms with Crippen LogP contribution in [0.25, 0.3) is 43.1 Å². The van der Waals surface area contributed by atoms with Crippen molar-refractivity contribution < 1.29 is 128 Å². The van der Waals surface area contributed by atoms with Crippen LogP contribution in [-0.2, 0) is 0 Å². The van der Waals surface area contributed by atoms with Crippen molar-refractivity contribution in [1.29, 1.82) is 0 Å². The van der Waals surface area contributed by atoms with Gasteiger partial charge in [-0.05, 0) is 20.8 Å². The average molecular weight is 1130 g/mol. The summed E-state index contributed by atoms with van der Waals surface area (Å²) in [7, 11) is 0. The molecule has 0 aliphatic carbocycles. The molecule has 0 heterocycles. The van der Waals surface area contributed by atoms with Crippen LogP contribution in [0, 0.1) is 163 Å². The van der Waals surface area contributed by atoms with Crippen molar-refractivity contribution in [3.05, 3.63) is 163 Å². The SMILES string of the molecule is CC[NH+](CC)CC.Fc1c(F)c(F)c2c(F)c([B-](c3c(F)c(F)c4c(F)c(F)c(F)c(F)c4c3F)(c3c(F)c(F)c4c(F)c(F)c(F)c(F)c4c3F)c3c(F)c(F)c4c(F)c(F)c(F)c(F)c4c3F)c(F)c(F)c2c1F. The van der Waals surface area contributed by atoms with Gasteiger partial charge in [-0.15, -0.1) is 21.9 Å². The highest BCUT2D eigenvalue weighted by molar-refractivity contribution is 7.20. The molecule has 8 aromatic rings. The summed E-state index contributed by atoms with van der Waals surface area (Å²) < 4.78 is 442. The van der Waals surface area contributed by atoms with Crippen LogP contribution in [0.15, 0.2) is 0 Å². The van der Waals surface area contributed by atoms with Crippen LogP contribution in [0.3, 0.4) is 0 Å². The number of halogens is 28. The molecule has 0 bridgehead atoms. The lowest BCUT2D eigenvalue weighted by atomic mass is 9.12. The normalized spacial score (nSPS) is 12.2. The van der Waals surface area contributed by atoms with Crippen LogP contribution in [0.5, 0.6) is 0 Å². The fraction of sp³-hybridized carbons (Fsp3) is 0.130. The molecule has 0 radical (unpaired) electrons. The van der Waals surface area contributed by atoms with E-state index in [0.717, 1.165) is 0 Å². The second-order valence-corrected chi connectivity index (χ2v) is 16.1. The summed E-state index contributed by atoms with van der Waals surface area (Å²) in [6.07, 6.45) is -7.99. The van der Waals surface area contributed by atoms with E-state index in [1.54, 1.807) is 4.90 Å². The van der Waals surface area contributed by atoms with E-state index in [2.05, 4.69) is 20.8 Å². The molecule has 0 aromatic heterocycles. The first-order valence-corrected chi connectivity index (χ1v) is 20.6. The summed E-state index contributed by atoms with van der Waals surface area (Å²) >= 11 is 0. The van der Waals surface area contributed by atoms with E-state index in [1.807, 2.05) is 0 Å². The molecule has 0 atom stereocenters. The monoisotopic (exact) mass is 1130 g/mol.